The van der Waals surface area contributed by atoms with E-state index in [1.165, 1.54) is 17.8 Å². The zero-order chi connectivity index (χ0) is 20.7. The fourth-order valence-electron chi connectivity index (χ4n) is 4.37. The first-order valence-corrected chi connectivity index (χ1v) is 11.5. The molecule has 2 fully saturated rings. The van der Waals surface area contributed by atoms with Gasteiger partial charge >= 0.3 is 0 Å². The van der Waals surface area contributed by atoms with Crippen molar-refractivity contribution in [2.24, 2.45) is 0 Å². The van der Waals surface area contributed by atoms with Crippen molar-refractivity contribution in [3.8, 4) is 10.7 Å². The van der Waals surface area contributed by atoms with Crippen LogP contribution in [0.15, 0.2) is 28.9 Å². The van der Waals surface area contributed by atoms with Gasteiger partial charge < -0.3 is 19.2 Å². The number of likely N-dealkylation sites (N-methyl/N-ethyl adjacent to an activating group) is 1. The maximum Gasteiger partial charge on any atom is 0.265 e. The molecule has 158 valence electrons. The van der Waals surface area contributed by atoms with Gasteiger partial charge in [-0.05, 0) is 45.4 Å². The fourth-order valence-corrected chi connectivity index (χ4v) is 5.23. The molecule has 1 atom stereocenters. The lowest BCUT2D eigenvalue weighted by Crippen LogP contribution is -2.44. The molecule has 30 heavy (non-hydrogen) atoms. The van der Waals surface area contributed by atoms with Gasteiger partial charge in [0, 0.05) is 50.5 Å². The Morgan fingerprint density at radius 1 is 1.17 bits per heavy atom. The number of nitrogens with zero attached hydrogens (tertiary/aromatic N) is 5. The van der Waals surface area contributed by atoms with E-state index in [9.17, 15) is 4.79 Å². The van der Waals surface area contributed by atoms with E-state index in [-0.39, 0.29) is 11.9 Å². The fraction of sp³-hybridized carbons (Fsp3) is 0.500. The number of amides is 1. The summed E-state index contributed by atoms with van der Waals surface area (Å²) in [6, 6.07) is 6.54. The van der Waals surface area contributed by atoms with Crippen LogP contribution < -0.4 is 4.90 Å². The molecule has 0 N–H and O–H groups in total. The third-order valence-electron chi connectivity index (χ3n) is 6.31. The molecule has 0 bridgehead atoms. The largest absolute Gasteiger partial charge is 0.369 e. The number of carbonyl (C=O) groups is 1. The van der Waals surface area contributed by atoms with Crippen LogP contribution in [0.5, 0.6) is 0 Å². The van der Waals surface area contributed by atoms with E-state index in [0.717, 1.165) is 67.2 Å². The second kappa shape index (κ2) is 8.00. The summed E-state index contributed by atoms with van der Waals surface area (Å²) in [7, 11) is 2.15. The van der Waals surface area contributed by atoms with Gasteiger partial charge in [-0.3, -0.25) is 4.79 Å². The summed E-state index contributed by atoms with van der Waals surface area (Å²) in [6.45, 7) is 7.10. The van der Waals surface area contributed by atoms with Crippen molar-refractivity contribution in [1.29, 1.82) is 0 Å². The standard InChI is InChI=1S/C22H27N5O2S/c1-15-5-3-4-8-27(15)22(28)19-14-23-21(30-19)20-17-7-6-16(13-18(17)29-24-20)26-11-9-25(2)10-12-26/h6-7,13-15H,3-5,8-12H2,1-2H3. The van der Waals surface area contributed by atoms with Crippen molar-refractivity contribution in [2.45, 2.75) is 32.2 Å². The highest BCUT2D eigenvalue weighted by Crippen LogP contribution is 2.34. The first-order valence-electron chi connectivity index (χ1n) is 10.7. The minimum absolute atomic E-state index is 0.0797. The van der Waals surface area contributed by atoms with Crippen molar-refractivity contribution in [3.63, 3.8) is 0 Å². The second-order valence-electron chi connectivity index (χ2n) is 8.37. The summed E-state index contributed by atoms with van der Waals surface area (Å²) in [4.78, 5) is 24.8. The normalized spacial score (nSPS) is 20.8. The predicted molar refractivity (Wildman–Crippen MR) is 119 cm³/mol. The quantitative estimate of drug-likeness (QED) is 0.637. The molecule has 4 heterocycles. The van der Waals surface area contributed by atoms with Gasteiger partial charge in [0.25, 0.3) is 5.91 Å². The molecule has 2 aliphatic heterocycles. The number of piperazine rings is 1. The highest BCUT2D eigenvalue weighted by Gasteiger charge is 2.26. The lowest BCUT2D eigenvalue weighted by atomic mass is 10.0. The van der Waals surface area contributed by atoms with E-state index < -0.39 is 0 Å². The summed E-state index contributed by atoms with van der Waals surface area (Å²) >= 11 is 1.40. The first kappa shape index (κ1) is 19.5. The molecule has 2 aromatic heterocycles. The van der Waals surface area contributed by atoms with Crippen LogP contribution in [0.3, 0.4) is 0 Å². The Bertz CT molecular complexity index is 1050. The van der Waals surface area contributed by atoms with Gasteiger partial charge in [-0.25, -0.2) is 4.98 Å². The number of hydrogen-bond acceptors (Lipinski definition) is 7. The van der Waals surface area contributed by atoms with Gasteiger partial charge in [0.2, 0.25) is 0 Å². The van der Waals surface area contributed by atoms with E-state index in [0.29, 0.717) is 10.6 Å². The molecule has 1 unspecified atom stereocenters. The SMILES string of the molecule is CC1CCCCN1C(=O)c1cnc(-c2noc3cc(N4CCN(C)CC4)ccc23)s1. The van der Waals surface area contributed by atoms with Gasteiger partial charge in [-0.2, -0.15) is 0 Å². The molecule has 2 aliphatic rings. The summed E-state index contributed by atoms with van der Waals surface area (Å²) in [5.74, 6) is 0.0797. The number of rotatable bonds is 3. The van der Waals surface area contributed by atoms with Gasteiger partial charge in [-0.15, -0.1) is 11.3 Å². The Hall–Kier alpha value is -2.45. The zero-order valence-corrected chi connectivity index (χ0v) is 18.3. The Labute approximate surface area is 180 Å². The number of fused-ring (bicyclic) bond motifs is 1. The van der Waals surface area contributed by atoms with Crippen LogP contribution in [-0.2, 0) is 0 Å². The second-order valence-corrected chi connectivity index (χ2v) is 9.41. The maximum atomic E-state index is 12.9. The van der Waals surface area contributed by atoms with Crippen LogP contribution in [0.2, 0.25) is 0 Å². The molecule has 0 saturated carbocycles. The maximum absolute atomic E-state index is 12.9. The monoisotopic (exact) mass is 425 g/mol. The van der Waals surface area contributed by atoms with Gasteiger partial charge in [0.1, 0.15) is 15.6 Å². The predicted octanol–water partition coefficient (Wildman–Crippen LogP) is 3.72. The molecule has 1 amide bonds. The molecule has 7 nitrogen and oxygen atoms in total. The van der Waals surface area contributed by atoms with E-state index in [1.807, 2.05) is 4.90 Å². The third kappa shape index (κ3) is 3.58. The highest BCUT2D eigenvalue weighted by molar-refractivity contribution is 7.17. The lowest BCUT2D eigenvalue weighted by Gasteiger charge is -2.33. The smallest absolute Gasteiger partial charge is 0.265 e. The van der Waals surface area contributed by atoms with E-state index >= 15 is 0 Å². The number of likely N-dealkylation sites (tertiary alicyclic amines) is 1. The van der Waals surface area contributed by atoms with Crippen LogP contribution in [0.1, 0.15) is 35.9 Å². The molecule has 3 aromatic rings. The molecular formula is C22H27N5O2S. The number of hydrogen-bond donors (Lipinski definition) is 0. The highest BCUT2D eigenvalue weighted by atomic mass is 32.1. The summed E-state index contributed by atoms with van der Waals surface area (Å²) in [6.07, 6.45) is 5.02. The van der Waals surface area contributed by atoms with Crippen molar-refractivity contribution in [1.82, 2.24) is 19.9 Å². The van der Waals surface area contributed by atoms with Crippen molar-refractivity contribution in [3.05, 3.63) is 29.3 Å². The zero-order valence-electron chi connectivity index (χ0n) is 17.5. The van der Waals surface area contributed by atoms with Crippen LogP contribution in [0.25, 0.3) is 21.7 Å². The third-order valence-corrected chi connectivity index (χ3v) is 7.30. The summed E-state index contributed by atoms with van der Waals surface area (Å²) < 4.78 is 5.64. The molecule has 0 aliphatic carbocycles. The van der Waals surface area contributed by atoms with E-state index in [2.05, 4.69) is 52.1 Å². The van der Waals surface area contributed by atoms with Crippen LogP contribution in [0, 0.1) is 0 Å². The molecule has 8 heteroatoms. The van der Waals surface area contributed by atoms with Crippen molar-refractivity contribution >= 4 is 33.9 Å². The Morgan fingerprint density at radius 2 is 2.00 bits per heavy atom. The number of carbonyl (C=O) groups excluding carboxylic acids is 1. The first-order chi connectivity index (χ1) is 14.6. The van der Waals surface area contributed by atoms with Crippen molar-refractivity contribution in [2.75, 3.05) is 44.7 Å². The number of aromatic nitrogens is 2. The topological polar surface area (TPSA) is 65.7 Å². The van der Waals surface area contributed by atoms with Crippen LogP contribution >= 0.6 is 11.3 Å². The molecule has 0 spiro atoms. The number of thiazole rings is 1. The average Bonchev–Trinajstić information content (AvgIpc) is 3.41. The minimum atomic E-state index is 0.0797. The van der Waals surface area contributed by atoms with Gasteiger partial charge in [0.15, 0.2) is 5.58 Å². The number of piperidine rings is 1. The molecule has 2 saturated heterocycles. The molecule has 1 aromatic carbocycles. The number of anilines is 1. The molecular weight excluding hydrogens is 398 g/mol. The average molecular weight is 426 g/mol. The lowest BCUT2D eigenvalue weighted by molar-refractivity contribution is 0.0640. The van der Waals surface area contributed by atoms with E-state index in [1.54, 1.807) is 6.20 Å². The Kier molecular flexibility index (Phi) is 5.20. The van der Waals surface area contributed by atoms with Crippen LogP contribution in [0.4, 0.5) is 5.69 Å². The van der Waals surface area contributed by atoms with Gasteiger partial charge in [0.05, 0.1) is 11.6 Å². The number of benzene rings is 1. The van der Waals surface area contributed by atoms with Crippen molar-refractivity contribution < 1.29 is 9.32 Å². The Balaban J connectivity index is 1.38. The minimum Gasteiger partial charge on any atom is -0.369 e. The van der Waals surface area contributed by atoms with E-state index in [4.69, 9.17) is 4.52 Å². The Morgan fingerprint density at radius 3 is 2.80 bits per heavy atom. The van der Waals surface area contributed by atoms with Crippen LogP contribution in [-0.4, -0.2) is 71.7 Å². The summed E-state index contributed by atoms with van der Waals surface area (Å²) in [5, 5.41) is 5.95. The summed E-state index contributed by atoms with van der Waals surface area (Å²) in [5.41, 5.74) is 2.63. The van der Waals surface area contributed by atoms with Gasteiger partial charge in [-0.1, -0.05) is 5.16 Å². The molecule has 5 rings (SSSR count). The molecule has 0 radical (unpaired) electrons.